The van der Waals surface area contributed by atoms with E-state index in [1.54, 1.807) is 17.2 Å². The summed E-state index contributed by atoms with van der Waals surface area (Å²) in [5.74, 6) is -0.0889. The highest BCUT2D eigenvalue weighted by molar-refractivity contribution is 6.23. The molecule has 3 aromatic carbocycles. The number of carbonyl (C=O) groups is 2. The van der Waals surface area contributed by atoms with Gasteiger partial charge in [0.1, 0.15) is 5.92 Å². The maximum atomic E-state index is 13.8. The molecule has 3 atom stereocenters. The smallest absolute Gasteiger partial charge is 0.266 e. The second-order valence-electron chi connectivity index (χ2n) is 8.99. The topological polar surface area (TPSA) is 68.3 Å². The molecule has 5 rings (SSSR count). The molecule has 0 radical (unpaired) electrons. The highest BCUT2D eigenvalue weighted by Gasteiger charge is 2.60. The van der Waals surface area contributed by atoms with Gasteiger partial charge in [0.25, 0.3) is 5.91 Å². The lowest BCUT2D eigenvalue weighted by Gasteiger charge is -2.29. The van der Waals surface area contributed by atoms with Crippen LogP contribution < -0.4 is 19.4 Å². The van der Waals surface area contributed by atoms with E-state index in [0.29, 0.717) is 30.4 Å². The minimum atomic E-state index is -0.921. The van der Waals surface area contributed by atoms with Crippen molar-refractivity contribution in [3.63, 3.8) is 0 Å². The summed E-state index contributed by atoms with van der Waals surface area (Å²) in [4.78, 5) is 34.8. The molecule has 2 fully saturated rings. The van der Waals surface area contributed by atoms with Crippen molar-refractivity contribution < 1.29 is 23.9 Å². The van der Waals surface area contributed by atoms with Crippen molar-refractivity contribution in [1.29, 1.82) is 0 Å². The van der Waals surface area contributed by atoms with E-state index in [9.17, 15) is 9.59 Å². The predicted octanol–water partition coefficient (Wildman–Crippen LogP) is 5.23. The first kappa shape index (κ1) is 23.9. The first-order chi connectivity index (χ1) is 17.5. The minimum Gasteiger partial charge on any atom is -0.490 e. The summed E-state index contributed by atoms with van der Waals surface area (Å²) in [6.45, 7) is 6.98. The Labute approximate surface area is 211 Å². The van der Waals surface area contributed by atoms with Crippen LogP contribution in [-0.4, -0.2) is 31.1 Å². The maximum Gasteiger partial charge on any atom is 0.266 e. The Balaban J connectivity index is 1.57. The largest absolute Gasteiger partial charge is 0.490 e. The van der Waals surface area contributed by atoms with Gasteiger partial charge in [-0.25, -0.2) is 9.96 Å². The van der Waals surface area contributed by atoms with Crippen molar-refractivity contribution in [1.82, 2.24) is 0 Å². The van der Waals surface area contributed by atoms with Crippen LogP contribution in [-0.2, 0) is 14.4 Å². The van der Waals surface area contributed by atoms with Crippen LogP contribution in [0.5, 0.6) is 11.5 Å². The summed E-state index contributed by atoms with van der Waals surface area (Å²) in [7, 11) is 0. The van der Waals surface area contributed by atoms with Crippen LogP contribution in [0.15, 0.2) is 72.8 Å². The number of nitrogens with zero attached hydrogens (tertiary/aromatic N) is 2. The molecule has 7 heteroatoms. The Morgan fingerprint density at radius 2 is 1.58 bits per heavy atom. The van der Waals surface area contributed by atoms with Gasteiger partial charge in [0.05, 0.1) is 30.6 Å². The van der Waals surface area contributed by atoms with Gasteiger partial charge in [-0.15, -0.1) is 0 Å². The van der Waals surface area contributed by atoms with E-state index >= 15 is 0 Å². The lowest BCUT2D eigenvalue weighted by Crippen LogP contribution is -2.37. The summed E-state index contributed by atoms with van der Waals surface area (Å²) in [6.07, 6.45) is -0.0450. The van der Waals surface area contributed by atoms with Gasteiger partial charge in [-0.05, 0) is 62.2 Å². The third kappa shape index (κ3) is 4.20. The number of fused-ring (bicyclic) bond motifs is 1. The van der Waals surface area contributed by atoms with E-state index in [2.05, 4.69) is 0 Å². The fraction of sp³-hybridized carbons (Fsp3) is 0.310. The van der Waals surface area contributed by atoms with Gasteiger partial charge in [-0.2, -0.15) is 0 Å². The van der Waals surface area contributed by atoms with Crippen molar-refractivity contribution in [3.8, 4) is 11.5 Å². The number of rotatable bonds is 8. The highest BCUT2D eigenvalue weighted by atomic mass is 16.7. The quantitative estimate of drug-likeness (QED) is 0.406. The number of anilines is 2. The van der Waals surface area contributed by atoms with Crippen molar-refractivity contribution in [3.05, 3.63) is 83.9 Å². The minimum absolute atomic E-state index is 0.276. The molecule has 2 saturated heterocycles. The number of benzene rings is 3. The number of imide groups is 1. The van der Waals surface area contributed by atoms with Gasteiger partial charge in [0.2, 0.25) is 5.91 Å². The molecule has 186 valence electrons. The Hall–Kier alpha value is -3.84. The first-order valence-corrected chi connectivity index (χ1v) is 12.4. The molecule has 2 aliphatic heterocycles. The molecule has 3 aromatic rings. The van der Waals surface area contributed by atoms with Gasteiger partial charge in [0, 0.05) is 0 Å². The van der Waals surface area contributed by atoms with Crippen LogP contribution in [0, 0.1) is 12.8 Å². The number of aryl methyl sites for hydroxylation is 1. The highest BCUT2D eigenvalue weighted by Crippen LogP contribution is 2.48. The summed E-state index contributed by atoms with van der Waals surface area (Å²) in [6, 6.07) is 22.1. The Morgan fingerprint density at radius 1 is 0.833 bits per heavy atom. The Bertz CT molecular complexity index is 1240. The molecular weight excluding hydrogens is 456 g/mol. The lowest BCUT2D eigenvalue weighted by atomic mass is 9.90. The van der Waals surface area contributed by atoms with Crippen LogP contribution in [0.4, 0.5) is 11.4 Å². The van der Waals surface area contributed by atoms with Gasteiger partial charge in [0.15, 0.2) is 17.6 Å². The summed E-state index contributed by atoms with van der Waals surface area (Å²) in [5.41, 5.74) is 3.18. The predicted molar refractivity (Wildman–Crippen MR) is 137 cm³/mol. The molecule has 0 aromatic heterocycles. The molecule has 2 heterocycles. The molecule has 0 saturated carbocycles. The number of para-hydroxylation sites is 1. The number of ether oxygens (including phenoxy) is 2. The zero-order valence-electron chi connectivity index (χ0n) is 20.7. The van der Waals surface area contributed by atoms with E-state index in [0.717, 1.165) is 23.2 Å². The average molecular weight is 487 g/mol. The van der Waals surface area contributed by atoms with Crippen LogP contribution in [0.3, 0.4) is 0 Å². The molecule has 0 aliphatic carbocycles. The number of hydrogen-bond acceptors (Lipinski definition) is 6. The van der Waals surface area contributed by atoms with E-state index in [1.807, 2.05) is 81.4 Å². The van der Waals surface area contributed by atoms with Gasteiger partial charge in [-0.1, -0.05) is 48.9 Å². The lowest BCUT2D eigenvalue weighted by molar-refractivity contribution is -0.126. The number of carbonyl (C=O) groups excluding carboxylic acids is 2. The van der Waals surface area contributed by atoms with E-state index in [-0.39, 0.29) is 11.8 Å². The summed E-state index contributed by atoms with van der Waals surface area (Å²) in [5, 5.41) is 1.69. The summed E-state index contributed by atoms with van der Waals surface area (Å²) >= 11 is 0. The number of hydroxylamine groups is 1. The van der Waals surface area contributed by atoms with E-state index in [4.69, 9.17) is 14.3 Å². The molecule has 2 amide bonds. The standard InChI is InChI=1S/C29H30N2O5/c1-4-17-35-23-16-13-20(18-24(23)34-5-2)26-25-27(36-31(26)22-9-7-6-8-10-22)29(33)30(28(25)32)21-14-11-19(3)12-15-21/h6-16,18,25-27H,4-5,17H2,1-3H3/t25-,26+,27+/m1/s1. The fourth-order valence-corrected chi connectivity index (χ4v) is 4.81. The van der Waals surface area contributed by atoms with Crippen molar-refractivity contribution >= 4 is 23.2 Å². The van der Waals surface area contributed by atoms with Crippen LogP contribution >= 0.6 is 0 Å². The van der Waals surface area contributed by atoms with Crippen LogP contribution in [0.25, 0.3) is 0 Å². The van der Waals surface area contributed by atoms with Gasteiger partial charge in [-0.3, -0.25) is 14.4 Å². The zero-order valence-corrected chi connectivity index (χ0v) is 20.7. The van der Waals surface area contributed by atoms with Gasteiger partial charge >= 0.3 is 0 Å². The molecule has 7 nitrogen and oxygen atoms in total. The fourth-order valence-electron chi connectivity index (χ4n) is 4.81. The second-order valence-corrected chi connectivity index (χ2v) is 8.99. The number of amides is 2. The molecule has 36 heavy (non-hydrogen) atoms. The van der Waals surface area contributed by atoms with E-state index < -0.39 is 18.1 Å². The van der Waals surface area contributed by atoms with Crippen molar-refractivity contribution in [2.75, 3.05) is 23.2 Å². The first-order valence-electron chi connectivity index (χ1n) is 12.4. The van der Waals surface area contributed by atoms with E-state index in [1.165, 1.54) is 4.90 Å². The van der Waals surface area contributed by atoms with Crippen molar-refractivity contribution in [2.45, 2.75) is 39.3 Å². The third-order valence-corrected chi connectivity index (χ3v) is 6.49. The molecule has 0 unspecified atom stereocenters. The summed E-state index contributed by atoms with van der Waals surface area (Å²) < 4.78 is 11.8. The monoisotopic (exact) mass is 486 g/mol. The van der Waals surface area contributed by atoms with Gasteiger partial charge < -0.3 is 9.47 Å². The molecule has 0 N–H and O–H groups in total. The molecule has 2 aliphatic rings. The molecule has 0 bridgehead atoms. The van der Waals surface area contributed by atoms with Crippen LogP contribution in [0.1, 0.15) is 37.4 Å². The normalized spacial score (nSPS) is 21.1. The average Bonchev–Trinajstić information content (AvgIpc) is 3.40. The Kier molecular flexibility index (Phi) is 6.65. The van der Waals surface area contributed by atoms with Crippen LogP contribution in [0.2, 0.25) is 0 Å². The molecule has 0 spiro atoms. The SMILES string of the molecule is CCCOc1ccc([C@H]2[C@H]3C(=O)N(c4ccc(C)cc4)C(=O)[C@H]3ON2c2ccccc2)cc1OCC. The molecular formula is C29H30N2O5. The van der Waals surface area contributed by atoms with Crippen molar-refractivity contribution in [2.24, 2.45) is 5.92 Å². The maximum absolute atomic E-state index is 13.8. The second kappa shape index (κ2) is 10.0. The Morgan fingerprint density at radius 3 is 2.28 bits per heavy atom. The number of hydrogen-bond donors (Lipinski definition) is 0. The zero-order chi connectivity index (χ0) is 25.2. The third-order valence-electron chi connectivity index (χ3n) is 6.49.